The van der Waals surface area contributed by atoms with E-state index in [1.54, 1.807) is 0 Å². The first kappa shape index (κ1) is 10.1. The fraction of sp³-hybridized carbons (Fsp3) is 1.00. The monoisotopic (exact) mass is 207 g/mol. The molecule has 0 aromatic rings. The van der Waals surface area contributed by atoms with Crippen LogP contribution in [0.15, 0.2) is 0 Å². The second-order valence-corrected chi connectivity index (χ2v) is 6.40. The van der Waals surface area contributed by atoms with Crippen molar-refractivity contribution in [3.05, 3.63) is 0 Å². The van der Waals surface area contributed by atoms with Gasteiger partial charge in [0.05, 0.1) is 0 Å². The van der Waals surface area contributed by atoms with Crippen molar-refractivity contribution in [2.45, 2.75) is 64.3 Å². The average molecular weight is 207 g/mol. The normalized spacial score (nSPS) is 54.0. The van der Waals surface area contributed by atoms with Gasteiger partial charge in [0.15, 0.2) is 0 Å². The zero-order valence-electron chi connectivity index (χ0n) is 10.0. The van der Waals surface area contributed by atoms with E-state index in [-0.39, 0.29) is 0 Å². The largest absolute Gasteiger partial charge is 0.327 e. The van der Waals surface area contributed by atoms with Crippen LogP contribution in [0.4, 0.5) is 0 Å². The SMILES string of the molecule is CC[C@@H]1CCC[C@@]2(C1)[C@H]1CCC(C1)[C@H]2N. The minimum absolute atomic E-state index is 0.561. The molecule has 3 aliphatic rings. The average Bonchev–Trinajstić information content (AvgIpc) is 2.84. The molecule has 0 radical (unpaired) electrons. The molecular formula is C14H25N. The van der Waals surface area contributed by atoms with E-state index in [2.05, 4.69) is 6.92 Å². The zero-order chi connectivity index (χ0) is 10.5. The van der Waals surface area contributed by atoms with Gasteiger partial charge < -0.3 is 5.73 Å². The van der Waals surface area contributed by atoms with E-state index in [4.69, 9.17) is 5.73 Å². The Balaban J connectivity index is 1.83. The van der Waals surface area contributed by atoms with Crippen LogP contribution < -0.4 is 5.73 Å². The summed E-state index contributed by atoms with van der Waals surface area (Å²) in [5.74, 6) is 2.89. The Morgan fingerprint density at radius 2 is 2.13 bits per heavy atom. The van der Waals surface area contributed by atoms with Crippen molar-refractivity contribution < 1.29 is 0 Å². The molecule has 5 atom stereocenters. The molecule has 3 aliphatic carbocycles. The van der Waals surface area contributed by atoms with Crippen molar-refractivity contribution in [1.82, 2.24) is 0 Å². The van der Waals surface area contributed by atoms with Crippen LogP contribution in [-0.4, -0.2) is 6.04 Å². The first-order chi connectivity index (χ1) is 7.26. The van der Waals surface area contributed by atoms with Crippen LogP contribution in [0.1, 0.15) is 58.3 Å². The summed E-state index contributed by atoms with van der Waals surface area (Å²) in [5.41, 5.74) is 7.15. The summed E-state index contributed by atoms with van der Waals surface area (Å²) < 4.78 is 0. The maximum absolute atomic E-state index is 6.55. The molecule has 0 heterocycles. The summed E-state index contributed by atoms with van der Waals surface area (Å²) in [6, 6.07) is 0.561. The minimum Gasteiger partial charge on any atom is -0.327 e. The van der Waals surface area contributed by atoms with Gasteiger partial charge in [-0.05, 0) is 55.3 Å². The van der Waals surface area contributed by atoms with Crippen molar-refractivity contribution >= 4 is 0 Å². The van der Waals surface area contributed by atoms with Crippen LogP contribution in [0.25, 0.3) is 0 Å². The van der Waals surface area contributed by atoms with Crippen LogP contribution in [-0.2, 0) is 0 Å². The first-order valence-electron chi connectivity index (χ1n) is 7.02. The van der Waals surface area contributed by atoms with E-state index < -0.39 is 0 Å². The van der Waals surface area contributed by atoms with Crippen molar-refractivity contribution in [2.24, 2.45) is 28.9 Å². The fourth-order valence-corrected chi connectivity index (χ4v) is 5.09. The molecule has 0 aliphatic heterocycles. The van der Waals surface area contributed by atoms with Crippen LogP contribution in [0.2, 0.25) is 0 Å². The van der Waals surface area contributed by atoms with Crippen molar-refractivity contribution in [1.29, 1.82) is 0 Å². The molecule has 0 saturated heterocycles. The van der Waals surface area contributed by atoms with Gasteiger partial charge in [-0.1, -0.05) is 26.2 Å². The lowest BCUT2D eigenvalue weighted by molar-refractivity contribution is 0.0471. The highest BCUT2D eigenvalue weighted by molar-refractivity contribution is 5.09. The summed E-state index contributed by atoms with van der Waals surface area (Å²) >= 11 is 0. The highest BCUT2D eigenvalue weighted by atomic mass is 14.8. The Hall–Kier alpha value is -0.0400. The topological polar surface area (TPSA) is 26.0 Å². The molecule has 0 aromatic heterocycles. The Labute approximate surface area is 93.8 Å². The van der Waals surface area contributed by atoms with Crippen molar-refractivity contribution in [3.63, 3.8) is 0 Å². The van der Waals surface area contributed by atoms with Crippen LogP contribution >= 0.6 is 0 Å². The summed E-state index contributed by atoms with van der Waals surface area (Å²) in [7, 11) is 0. The summed E-state index contributed by atoms with van der Waals surface area (Å²) in [6.45, 7) is 2.36. The summed E-state index contributed by atoms with van der Waals surface area (Å²) in [4.78, 5) is 0. The fourth-order valence-electron chi connectivity index (χ4n) is 5.09. The van der Waals surface area contributed by atoms with E-state index >= 15 is 0 Å². The van der Waals surface area contributed by atoms with Gasteiger partial charge >= 0.3 is 0 Å². The molecule has 0 amide bonds. The van der Waals surface area contributed by atoms with E-state index in [0.717, 1.165) is 17.8 Å². The molecule has 2 bridgehead atoms. The van der Waals surface area contributed by atoms with Gasteiger partial charge in [-0.2, -0.15) is 0 Å². The lowest BCUT2D eigenvalue weighted by Crippen LogP contribution is -2.48. The first-order valence-corrected chi connectivity index (χ1v) is 7.02. The molecule has 1 heteroatoms. The Morgan fingerprint density at radius 1 is 1.27 bits per heavy atom. The molecule has 86 valence electrons. The second kappa shape index (κ2) is 3.48. The predicted octanol–water partition coefficient (Wildman–Crippen LogP) is 3.33. The van der Waals surface area contributed by atoms with Crippen LogP contribution in [0.3, 0.4) is 0 Å². The Morgan fingerprint density at radius 3 is 2.80 bits per heavy atom. The molecule has 15 heavy (non-hydrogen) atoms. The van der Waals surface area contributed by atoms with E-state index in [0.29, 0.717) is 11.5 Å². The number of hydrogen-bond donors (Lipinski definition) is 1. The highest BCUT2D eigenvalue weighted by Gasteiger charge is 2.57. The standard InChI is InChI=1S/C14H25N/c1-2-10-4-3-7-14(9-10)12-6-5-11(8-12)13(14)15/h10-13H,2-9,15H2,1H3/t10-,11?,12+,13-,14-/m1/s1. The van der Waals surface area contributed by atoms with Gasteiger partial charge in [0.1, 0.15) is 0 Å². The van der Waals surface area contributed by atoms with Gasteiger partial charge in [-0.15, -0.1) is 0 Å². The summed E-state index contributed by atoms with van der Waals surface area (Å²) in [5, 5.41) is 0. The van der Waals surface area contributed by atoms with Crippen LogP contribution in [0, 0.1) is 23.2 Å². The molecule has 0 aromatic carbocycles. The number of fused-ring (bicyclic) bond motifs is 3. The van der Waals surface area contributed by atoms with E-state index in [1.807, 2.05) is 0 Å². The predicted molar refractivity (Wildman–Crippen MR) is 63.5 cm³/mol. The molecule has 3 saturated carbocycles. The number of rotatable bonds is 1. The third-order valence-corrected chi connectivity index (χ3v) is 5.96. The van der Waals surface area contributed by atoms with Gasteiger partial charge in [0.25, 0.3) is 0 Å². The Kier molecular flexibility index (Phi) is 2.35. The third-order valence-electron chi connectivity index (χ3n) is 5.96. The van der Waals surface area contributed by atoms with Crippen molar-refractivity contribution in [2.75, 3.05) is 0 Å². The second-order valence-electron chi connectivity index (χ2n) is 6.40. The zero-order valence-corrected chi connectivity index (χ0v) is 10.0. The maximum atomic E-state index is 6.55. The molecule has 1 unspecified atom stereocenters. The molecule has 3 rings (SSSR count). The maximum Gasteiger partial charge on any atom is 0.0127 e. The third kappa shape index (κ3) is 1.32. The van der Waals surface area contributed by atoms with Crippen LogP contribution in [0.5, 0.6) is 0 Å². The minimum atomic E-state index is 0.561. The highest BCUT2D eigenvalue weighted by Crippen LogP contribution is 2.61. The van der Waals surface area contributed by atoms with Gasteiger partial charge in [-0.3, -0.25) is 0 Å². The van der Waals surface area contributed by atoms with Crippen molar-refractivity contribution in [3.8, 4) is 0 Å². The molecule has 3 fully saturated rings. The molecule has 1 nitrogen and oxygen atoms in total. The van der Waals surface area contributed by atoms with Gasteiger partial charge in [0, 0.05) is 6.04 Å². The number of hydrogen-bond acceptors (Lipinski definition) is 1. The Bertz CT molecular complexity index is 246. The van der Waals surface area contributed by atoms with E-state index in [1.165, 1.54) is 51.4 Å². The van der Waals surface area contributed by atoms with Gasteiger partial charge in [-0.25, -0.2) is 0 Å². The smallest absolute Gasteiger partial charge is 0.0127 e. The number of nitrogens with two attached hydrogens (primary N) is 1. The molecule has 2 N–H and O–H groups in total. The van der Waals surface area contributed by atoms with E-state index in [9.17, 15) is 0 Å². The molecule has 1 spiro atoms. The van der Waals surface area contributed by atoms with Gasteiger partial charge in [0.2, 0.25) is 0 Å². The lowest BCUT2D eigenvalue weighted by atomic mass is 9.59. The molecular weight excluding hydrogens is 182 g/mol. The summed E-state index contributed by atoms with van der Waals surface area (Å²) in [6.07, 6.45) is 11.6. The quantitative estimate of drug-likeness (QED) is 0.701. The lowest BCUT2D eigenvalue weighted by Gasteiger charge is -2.47.